The highest BCUT2D eigenvalue weighted by Crippen LogP contribution is 2.68. The SMILES string of the molecule is CC(C)(C)OC(=O)NCCCCC(NC(=O)OC(C)(C)C)C(=O)O[C@H]1CC[C@@]2(C)C(=CCC3C2CC[C@@]2(C)C3CC[C@@H]2c2cn(Cc3ccccc3)nn2)C1. The van der Waals surface area contributed by atoms with Crippen LogP contribution in [0, 0.1) is 28.6 Å². The van der Waals surface area contributed by atoms with Gasteiger partial charge in [0.15, 0.2) is 0 Å². The van der Waals surface area contributed by atoms with Gasteiger partial charge in [0, 0.05) is 25.1 Å². The molecule has 3 fully saturated rings. The highest BCUT2D eigenvalue weighted by atomic mass is 16.6. The van der Waals surface area contributed by atoms with E-state index in [-0.39, 0.29) is 16.9 Å². The average molecular weight is 760 g/mol. The Morgan fingerprint density at radius 2 is 1.64 bits per heavy atom. The van der Waals surface area contributed by atoms with Crippen LogP contribution in [-0.4, -0.2) is 63.0 Å². The van der Waals surface area contributed by atoms with Crippen LogP contribution >= 0.6 is 0 Å². The quantitative estimate of drug-likeness (QED) is 0.101. The second-order valence-corrected chi connectivity index (χ2v) is 19.2. The Labute approximate surface area is 328 Å². The first-order chi connectivity index (χ1) is 25.9. The standard InChI is InChI=1S/C44H65N5O6/c1-41(2,3)54-39(51)45-25-13-12-16-36(46-40(52)55-42(4,5)6)38(50)53-31-21-23-43(7)30(26-31)17-18-32-33-19-20-35(44(33,8)24-22-34(32)43)37-28-49(48-47-37)27-29-14-10-9-11-15-29/h9-11,14-15,17,28,31-36H,12-13,16,18-27H2,1-8H3,(H,45,51)(H,46,52)/t31-,32?,33?,34?,35+,36?,43-,44-/m0/s1. The summed E-state index contributed by atoms with van der Waals surface area (Å²) in [7, 11) is 0. The molecular weight excluding hydrogens is 695 g/mol. The van der Waals surface area contributed by atoms with E-state index in [1.54, 1.807) is 20.8 Å². The zero-order chi connectivity index (χ0) is 39.6. The fourth-order valence-electron chi connectivity index (χ4n) is 10.5. The molecule has 0 bridgehead atoms. The van der Waals surface area contributed by atoms with Gasteiger partial charge in [-0.3, -0.25) is 0 Å². The lowest BCUT2D eigenvalue weighted by Crippen LogP contribution is -2.51. The third kappa shape index (κ3) is 9.74. The number of carbonyl (C=O) groups is 3. The first-order valence-corrected chi connectivity index (χ1v) is 20.7. The van der Waals surface area contributed by atoms with Crippen LogP contribution in [0.15, 0.2) is 48.2 Å². The van der Waals surface area contributed by atoms with Crippen molar-refractivity contribution in [1.82, 2.24) is 25.6 Å². The van der Waals surface area contributed by atoms with Gasteiger partial charge in [-0.05, 0) is 140 Å². The Bertz CT molecular complexity index is 1690. The van der Waals surface area contributed by atoms with Crippen LogP contribution in [0.1, 0.15) is 143 Å². The number of benzene rings is 1. The molecule has 2 aromatic rings. The highest BCUT2D eigenvalue weighted by molar-refractivity contribution is 5.81. The van der Waals surface area contributed by atoms with E-state index in [0.29, 0.717) is 49.5 Å². The molecule has 1 aromatic carbocycles. The summed E-state index contributed by atoms with van der Waals surface area (Å²) in [5.41, 5.74) is 2.85. The van der Waals surface area contributed by atoms with E-state index < -0.39 is 35.4 Å². The molecule has 0 saturated heterocycles. The van der Waals surface area contributed by atoms with Crippen LogP contribution in [0.5, 0.6) is 0 Å². The van der Waals surface area contributed by atoms with E-state index in [1.165, 1.54) is 36.8 Å². The molecule has 55 heavy (non-hydrogen) atoms. The molecule has 11 heteroatoms. The summed E-state index contributed by atoms with van der Waals surface area (Å²) in [5.74, 6) is 1.91. The van der Waals surface area contributed by atoms with Crippen LogP contribution in [0.2, 0.25) is 0 Å². The van der Waals surface area contributed by atoms with Crippen molar-refractivity contribution < 1.29 is 28.6 Å². The number of ether oxygens (including phenoxy) is 3. The molecule has 1 aromatic heterocycles. The molecule has 4 unspecified atom stereocenters. The van der Waals surface area contributed by atoms with Crippen LogP contribution in [0.4, 0.5) is 9.59 Å². The molecular formula is C44H65N5O6. The van der Waals surface area contributed by atoms with Crippen molar-refractivity contribution in [3.05, 3.63) is 59.4 Å². The smallest absolute Gasteiger partial charge is 0.408 e. The maximum Gasteiger partial charge on any atom is 0.408 e. The molecule has 4 aliphatic carbocycles. The molecule has 6 rings (SSSR count). The summed E-state index contributed by atoms with van der Waals surface area (Å²) in [6, 6.07) is 9.61. The number of esters is 1. The summed E-state index contributed by atoms with van der Waals surface area (Å²) in [6.45, 7) is 17.0. The number of nitrogens with zero attached hydrogens (tertiary/aromatic N) is 3. The summed E-state index contributed by atoms with van der Waals surface area (Å²) in [5, 5.41) is 14.8. The second kappa shape index (κ2) is 16.3. The van der Waals surface area contributed by atoms with Gasteiger partial charge in [-0.25, -0.2) is 19.1 Å². The maximum atomic E-state index is 13.7. The van der Waals surface area contributed by atoms with E-state index in [4.69, 9.17) is 19.3 Å². The number of nitrogens with one attached hydrogen (secondary N) is 2. The number of carbonyl (C=O) groups excluding carboxylic acids is 3. The number of unbranched alkanes of at least 4 members (excludes halogenated alkanes) is 1. The maximum absolute atomic E-state index is 13.7. The Morgan fingerprint density at radius 3 is 2.36 bits per heavy atom. The Kier molecular flexibility index (Phi) is 12.1. The number of rotatable bonds is 11. The molecule has 1 heterocycles. The van der Waals surface area contributed by atoms with E-state index in [1.807, 2.05) is 31.5 Å². The van der Waals surface area contributed by atoms with Gasteiger partial charge < -0.3 is 24.8 Å². The number of hydrogen-bond acceptors (Lipinski definition) is 8. The van der Waals surface area contributed by atoms with Crippen molar-refractivity contribution in [2.24, 2.45) is 28.6 Å². The number of allylic oxidation sites excluding steroid dienone is 1. The van der Waals surface area contributed by atoms with Gasteiger partial charge in [0.25, 0.3) is 0 Å². The molecule has 0 aliphatic heterocycles. The predicted octanol–water partition coefficient (Wildman–Crippen LogP) is 8.87. The predicted molar refractivity (Wildman–Crippen MR) is 211 cm³/mol. The van der Waals surface area contributed by atoms with Crippen LogP contribution in [0.3, 0.4) is 0 Å². The van der Waals surface area contributed by atoms with Gasteiger partial charge in [0.1, 0.15) is 23.3 Å². The summed E-state index contributed by atoms with van der Waals surface area (Å²) >= 11 is 0. The van der Waals surface area contributed by atoms with Gasteiger partial charge in [-0.15, -0.1) is 5.10 Å². The van der Waals surface area contributed by atoms with Crippen molar-refractivity contribution in [2.75, 3.05) is 6.54 Å². The third-order valence-electron chi connectivity index (χ3n) is 13.0. The van der Waals surface area contributed by atoms with Crippen LogP contribution < -0.4 is 10.6 Å². The first kappa shape index (κ1) is 40.8. The van der Waals surface area contributed by atoms with Gasteiger partial charge in [0.05, 0.1) is 12.2 Å². The molecule has 0 radical (unpaired) electrons. The Balaban J connectivity index is 1.06. The van der Waals surface area contributed by atoms with E-state index in [0.717, 1.165) is 37.9 Å². The Hall–Kier alpha value is -3.89. The number of aromatic nitrogens is 3. The molecule has 3 saturated carbocycles. The number of amides is 2. The summed E-state index contributed by atoms with van der Waals surface area (Å²) < 4.78 is 19.0. The zero-order valence-electron chi connectivity index (χ0n) is 34.5. The fraction of sp³-hybridized carbons (Fsp3) is 0.705. The fourth-order valence-corrected chi connectivity index (χ4v) is 10.5. The molecule has 11 nitrogen and oxygen atoms in total. The highest BCUT2D eigenvalue weighted by Gasteiger charge is 2.59. The lowest BCUT2D eigenvalue weighted by Gasteiger charge is -2.58. The molecule has 2 amide bonds. The average Bonchev–Trinajstić information content (AvgIpc) is 3.70. The molecule has 302 valence electrons. The minimum absolute atomic E-state index is 0.0966. The van der Waals surface area contributed by atoms with Gasteiger partial charge in [0.2, 0.25) is 0 Å². The minimum Gasteiger partial charge on any atom is -0.461 e. The largest absolute Gasteiger partial charge is 0.461 e. The van der Waals surface area contributed by atoms with E-state index >= 15 is 0 Å². The van der Waals surface area contributed by atoms with E-state index in [9.17, 15) is 14.4 Å². The molecule has 2 N–H and O–H groups in total. The molecule has 8 atom stereocenters. The summed E-state index contributed by atoms with van der Waals surface area (Å²) in [6.07, 6.45) is 13.3. The molecule has 4 aliphatic rings. The van der Waals surface area contributed by atoms with Crippen LogP contribution in [-0.2, 0) is 25.5 Å². The topological polar surface area (TPSA) is 134 Å². The van der Waals surface area contributed by atoms with Crippen molar-refractivity contribution in [1.29, 1.82) is 0 Å². The monoisotopic (exact) mass is 759 g/mol. The van der Waals surface area contributed by atoms with Gasteiger partial charge in [-0.2, -0.15) is 0 Å². The summed E-state index contributed by atoms with van der Waals surface area (Å²) in [4.78, 5) is 38.5. The van der Waals surface area contributed by atoms with Crippen LogP contribution in [0.25, 0.3) is 0 Å². The number of fused-ring (bicyclic) bond motifs is 5. The number of alkyl carbamates (subject to hydrolysis) is 2. The van der Waals surface area contributed by atoms with Crippen molar-refractivity contribution in [3.63, 3.8) is 0 Å². The van der Waals surface area contributed by atoms with E-state index in [2.05, 4.69) is 66.2 Å². The normalized spacial score (nSPS) is 29.5. The Morgan fingerprint density at radius 1 is 0.909 bits per heavy atom. The van der Waals surface area contributed by atoms with Gasteiger partial charge in [-0.1, -0.05) is 61.0 Å². The minimum atomic E-state index is -0.847. The second-order valence-electron chi connectivity index (χ2n) is 19.2. The lowest BCUT2D eigenvalue weighted by atomic mass is 9.47. The molecule has 0 spiro atoms. The lowest BCUT2D eigenvalue weighted by molar-refractivity contribution is -0.154. The first-order valence-electron chi connectivity index (χ1n) is 20.7. The number of hydrogen-bond donors (Lipinski definition) is 2. The van der Waals surface area contributed by atoms with Crippen molar-refractivity contribution in [3.8, 4) is 0 Å². The van der Waals surface area contributed by atoms with Crippen molar-refractivity contribution >= 4 is 18.2 Å². The third-order valence-corrected chi connectivity index (χ3v) is 13.0. The van der Waals surface area contributed by atoms with Gasteiger partial charge >= 0.3 is 18.2 Å². The zero-order valence-corrected chi connectivity index (χ0v) is 34.5. The van der Waals surface area contributed by atoms with Crippen molar-refractivity contribution in [2.45, 2.75) is 162 Å².